The zero-order valence-corrected chi connectivity index (χ0v) is 12.4. The number of thiocarbonyl (C=S) groups is 1. The number of halogens is 1. The molecule has 2 aromatic rings. The van der Waals surface area contributed by atoms with E-state index >= 15 is 0 Å². The highest BCUT2D eigenvalue weighted by Crippen LogP contribution is 2.35. The molecule has 1 atom stereocenters. The van der Waals surface area contributed by atoms with Gasteiger partial charge in [-0.15, -0.1) is 10.2 Å². The molecule has 0 aliphatic heterocycles. The minimum absolute atomic E-state index is 0.0181. The van der Waals surface area contributed by atoms with Gasteiger partial charge >= 0.3 is 0 Å². The summed E-state index contributed by atoms with van der Waals surface area (Å²) in [7, 11) is 1.58. The van der Waals surface area contributed by atoms with Gasteiger partial charge in [-0.1, -0.05) is 0 Å². The quantitative estimate of drug-likeness (QED) is 0.599. The average Bonchev–Trinajstić information content (AvgIpc) is 2.72. The Morgan fingerprint density at radius 1 is 1.57 bits per heavy atom. The monoisotopic (exact) mass is 310 g/mol. The predicted molar refractivity (Wildman–Crippen MR) is 81.5 cm³/mol. The third-order valence-corrected chi connectivity index (χ3v) is 2.94. The number of azo groups is 1. The van der Waals surface area contributed by atoms with E-state index < -0.39 is 5.82 Å². The predicted octanol–water partition coefficient (Wildman–Crippen LogP) is 3.01. The van der Waals surface area contributed by atoms with E-state index in [-0.39, 0.29) is 22.7 Å². The first-order valence-electron chi connectivity index (χ1n) is 6.22. The molecule has 0 saturated heterocycles. The van der Waals surface area contributed by atoms with Crippen molar-refractivity contribution in [1.82, 2.24) is 10.3 Å². The number of hydrogen-bond donors (Lipinski definition) is 3. The van der Waals surface area contributed by atoms with Crippen LogP contribution in [0.1, 0.15) is 6.92 Å². The van der Waals surface area contributed by atoms with Gasteiger partial charge in [0.1, 0.15) is 5.82 Å². The number of H-pyrrole nitrogens is 1. The van der Waals surface area contributed by atoms with Gasteiger partial charge in [0.05, 0.1) is 12.1 Å². The molecule has 21 heavy (non-hydrogen) atoms. The molecule has 0 spiro atoms. The van der Waals surface area contributed by atoms with E-state index in [0.717, 1.165) is 0 Å². The molecule has 1 heterocycles. The lowest BCUT2D eigenvalue weighted by Gasteiger charge is -2.11. The molecule has 0 saturated carbocycles. The smallest absolute Gasteiger partial charge is 0.218 e. The number of nitrogens with one attached hydrogen (secondary N) is 2. The lowest BCUT2D eigenvalue weighted by Crippen LogP contribution is -2.33. The summed E-state index contributed by atoms with van der Waals surface area (Å²) in [6.45, 7) is 2.35. The molecular weight excluding hydrogens is 295 g/mol. The van der Waals surface area contributed by atoms with Crippen molar-refractivity contribution in [2.45, 2.75) is 13.0 Å². The van der Waals surface area contributed by atoms with Crippen LogP contribution < -0.4 is 5.32 Å². The van der Waals surface area contributed by atoms with E-state index in [9.17, 15) is 9.50 Å². The molecule has 8 heteroatoms. The van der Waals surface area contributed by atoms with Crippen molar-refractivity contribution in [3.63, 3.8) is 0 Å². The number of aromatic hydroxyl groups is 1. The number of fused-ring (bicyclic) bond motifs is 1. The van der Waals surface area contributed by atoms with Crippen molar-refractivity contribution in [2.75, 3.05) is 13.7 Å². The number of rotatable bonds is 4. The summed E-state index contributed by atoms with van der Waals surface area (Å²) < 4.78 is 18.2. The SMILES string of the molecule is COC[C@H](C)NC(=S)N=Nc1c(O)[nH]c2ccc(F)cc12. The number of hydrogen-bond acceptors (Lipinski definition) is 4. The zero-order valence-electron chi connectivity index (χ0n) is 11.6. The molecule has 0 amide bonds. The number of methoxy groups -OCH3 is 1. The van der Waals surface area contributed by atoms with Crippen molar-refractivity contribution < 1.29 is 14.2 Å². The van der Waals surface area contributed by atoms with Crippen LogP contribution in [0.15, 0.2) is 28.4 Å². The lowest BCUT2D eigenvalue weighted by molar-refractivity contribution is 0.179. The molecule has 0 radical (unpaired) electrons. The molecule has 0 bridgehead atoms. The minimum Gasteiger partial charge on any atom is -0.493 e. The molecule has 112 valence electrons. The van der Waals surface area contributed by atoms with Gasteiger partial charge in [-0.05, 0) is 37.3 Å². The molecule has 6 nitrogen and oxygen atoms in total. The second-order valence-electron chi connectivity index (χ2n) is 4.52. The Morgan fingerprint density at radius 3 is 3.05 bits per heavy atom. The Kier molecular flexibility index (Phi) is 4.81. The molecule has 3 N–H and O–H groups in total. The third kappa shape index (κ3) is 3.73. The van der Waals surface area contributed by atoms with E-state index in [1.54, 1.807) is 7.11 Å². The Labute approximate surface area is 126 Å². The van der Waals surface area contributed by atoms with Crippen LogP contribution in [0.3, 0.4) is 0 Å². The Balaban J connectivity index is 2.19. The highest BCUT2D eigenvalue weighted by atomic mass is 32.1. The second-order valence-corrected chi connectivity index (χ2v) is 4.90. The first-order chi connectivity index (χ1) is 10.0. The molecular formula is C13H15FN4O2S. The van der Waals surface area contributed by atoms with Crippen LogP contribution in [-0.4, -0.2) is 35.0 Å². The van der Waals surface area contributed by atoms with Crippen LogP contribution in [0.2, 0.25) is 0 Å². The van der Waals surface area contributed by atoms with Crippen molar-refractivity contribution in [1.29, 1.82) is 0 Å². The number of aromatic amines is 1. The summed E-state index contributed by atoms with van der Waals surface area (Å²) in [6.07, 6.45) is 0. The summed E-state index contributed by atoms with van der Waals surface area (Å²) in [6, 6.07) is 4.05. The molecule has 0 aliphatic carbocycles. The number of aromatic nitrogens is 1. The van der Waals surface area contributed by atoms with E-state index in [0.29, 0.717) is 17.5 Å². The van der Waals surface area contributed by atoms with Crippen molar-refractivity contribution in [3.05, 3.63) is 24.0 Å². The van der Waals surface area contributed by atoms with Crippen LogP contribution in [-0.2, 0) is 4.74 Å². The van der Waals surface area contributed by atoms with Crippen LogP contribution in [0.4, 0.5) is 10.1 Å². The third-order valence-electron chi connectivity index (χ3n) is 2.74. The fourth-order valence-electron chi connectivity index (χ4n) is 1.86. The van der Waals surface area contributed by atoms with Crippen LogP contribution in [0.25, 0.3) is 10.9 Å². The fourth-order valence-corrected chi connectivity index (χ4v) is 2.11. The highest BCUT2D eigenvalue weighted by molar-refractivity contribution is 7.80. The number of nitrogens with zero attached hydrogens (tertiary/aromatic N) is 2. The topological polar surface area (TPSA) is 82.0 Å². The number of benzene rings is 1. The minimum atomic E-state index is -0.424. The van der Waals surface area contributed by atoms with Gasteiger partial charge in [-0.25, -0.2) is 4.39 Å². The second kappa shape index (κ2) is 6.59. The van der Waals surface area contributed by atoms with Crippen molar-refractivity contribution in [3.8, 4) is 5.88 Å². The van der Waals surface area contributed by atoms with Crippen LogP contribution in [0.5, 0.6) is 5.88 Å². The highest BCUT2D eigenvalue weighted by Gasteiger charge is 2.11. The first-order valence-corrected chi connectivity index (χ1v) is 6.63. The van der Waals surface area contributed by atoms with Gasteiger partial charge in [-0.2, -0.15) is 0 Å². The van der Waals surface area contributed by atoms with Gasteiger partial charge in [0.2, 0.25) is 11.0 Å². The zero-order chi connectivity index (χ0) is 15.4. The average molecular weight is 310 g/mol. The van der Waals surface area contributed by atoms with Crippen molar-refractivity contribution >= 4 is 33.9 Å². The van der Waals surface area contributed by atoms with Gasteiger partial charge < -0.3 is 20.1 Å². The molecule has 1 aromatic heterocycles. The van der Waals surface area contributed by atoms with Gasteiger partial charge in [0.25, 0.3) is 0 Å². The van der Waals surface area contributed by atoms with Gasteiger partial charge in [-0.3, -0.25) is 0 Å². The normalized spacial score (nSPS) is 12.9. The van der Waals surface area contributed by atoms with E-state index in [1.165, 1.54) is 18.2 Å². The van der Waals surface area contributed by atoms with Gasteiger partial charge in [0, 0.05) is 18.5 Å². The van der Waals surface area contributed by atoms with Crippen LogP contribution >= 0.6 is 12.2 Å². The Morgan fingerprint density at radius 2 is 2.33 bits per heavy atom. The first kappa shape index (κ1) is 15.3. The summed E-state index contributed by atoms with van der Waals surface area (Å²) in [5, 5.41) is 21.0. The maximum Gasteiger partial charge on any atom is 0.218 e. The van der Waals surface area contributed by atoms with E-state index in [1.807, 2.05) is 6.92 Å². The van der Waals surface area contributed by atoms with Crippen LogP contribution in [0, 0.1) is 5.82 Å². The van der Waals surface area contributed by atoms with E-state index in [2.05, 4.69) is 20.5 Å². The summed E-state index contributed by atoms with van der Waals surface area (Å²) in [5.74, 6) is -0.612. The summed E-state index contributed by atoms with van der Waals surface area (Å²) in [4.78, 5) is 2.69. The molecule has 0 fully saturated rings. The summed E-state index contributed by atoms with van der Waals surface area (Å²) in [5.41, 5.74) is 0.711. The standard InChI is InChI=1S/C13H15FN4O2S/c1-7(6-20-2)15-13(21)18-17-11-9-5-8(14)3-4-10(9)16-12(11)19/h3-5,7,16,19H,6H2,1-2H3,(H,15,21)/t7-/m0/s1. The molecule has 2 rings (SSSR count). The Bertz CT molecular complexity index is 686. The maximum atomic E-state index is 13.3. The lowest BCUT2D eigenvalue weighted by atomic mass is 10.2. The Hall–Kier alpha value is -2.06. The maximum absolute atomic E-state index is 13.3. The van der Waals surface area contributed by atoms with Crippen molar-refractivity contribution in [2.24, 2.45) is 10.2 Å². The fraction of sp³-hybridized carbons (Fsp3) is 0.308. The molecule has 1 aromatic carbocycles. The summed E-state index contributed by atoms with van der Waals surface area (Å²) >= 11 is 5.02. The molecule has 0 unspecified atom stereocenters. The van der Waals surface area contributed by atoms with Gasteiger partial charge in [0.15, 0.2) is 5.69 Å². The largest absolute Gasteiger partial charge is 0.493 e. The van der Waals surface area contributed by atoms with E-state index in [4.69, 9.17) is 17.0 Å². The number of ether oxygens (including phenoxy) is 1. The molecule has 0 aliphatic rings.